The minimum atomic E-state index is -3.37. The fraction of sp³-hybridized carbons (Fsp3) is 0.500. The molecule has 0 aliphatic heterocycles. The van der Waals surface area contributed by atoms with E-state index in [0.29, 0.717) is 11.8 Å². The lowest BCUT2D eigenvalue weighted by Gasteiger charge is -2.34. The first-order chi connectivity index (χ1) is 9.48. The second-order valence-corrected chi connectivity index (χ2v) is 7.35. The topological polar surface area (TPSA) is 46.2 Å². The van der Waals surface area contributed by atoms with Crippen molar-refractivity contribution >= 4 is 16.1 Å². The van der Waals surface area contributed by atoms with E-state index in [1.54, 1.807) is 6.08 Å². The summed E-state index contributed by atoms with van der Waals surface area (Å²) in [6.07, 6.45) is 4.86. The predicted octanol–water partition coefficient (Wildman–Crippen LogP) is 3.40. The molecular formula is C16H23NO2S. The van der Waals surface area contributed by atoms with Gasteiger partial charge in [-0.15, -0.1) is 0 Å². The molecule has 0 saturated heterocycles. The van der Waals surface area contributed by atoms with E-state index in [2.05, 4.69) is 18.6 Å². The Morgan fingerprint density at radius 3 is 2.55 bits per heavy atom. The lowest BCUT2D eigenvalue weighted by atomic mass is 9.78. The molecular weight excluding hydrogens is 270 g/mol. The zero-order chi connectivity index (χ0) is 14.6. The zero-order valence-electron chi connectivity index (χ0n) is 12.1. The van der Waals surface area contributed by atoms with Gasteiger partial charge in [-0.3, -0.25) is 0 Å². The van der Waals surface area contributed by atoms with E-state index in [1.165, 1.54) is 11.8 Å². The van der Waals surface area contributed by atoms with Crippen LogP contribution < -0.4 is 4.72 Å². The van der Waals surface area contributed by atoms with E-state index < -0.39 is 10.0 Å². The highest BCUT2D eigenvalue weighted by Gasteiger charge is 2.29. The van der Waals surface area contributed by atoms with E-state index in [-0.39, 0.29) is 6.04 Å². The maximum Gasteiger partial charge on any atom is 0.233 e. The highest BCUT2D eigenvalue weighted by atomic mass is 32.2. The first-order valence-electron chi connectivity index (χ1n) is 7.23. The number of hydrogen-bond donors (Lipinski definition) is 1. The monoisotopic (exact) mass is 293 g/mol. The Labute approximate surface area is 122 Å². The molecule has 1 aromatic rings. The summed E-state index contributed by atoms with van der Waals surface area (Å²) in [7, 11) is -3.37. The predicted molar refractivity (Wildman–Crippen MR) is 83.5 cm³/mol. The number of hydrogen-bond acceptors (Lipinski definition) is 2. The third-order valence-electron chi connectivity index (χ3n) is 4.26. The second kappa shape index (κ2) is 6.55. The van der Waals surface area contributed by atoms with E-state index in [9.17, 15) is 8.42 Å². The van der Waals surface area contributed by atoms with Gasteiger partial charge in [-0.25, -0.2) is 13.1 Å². The zero-order valence-corrected chi connectivity index (χ0v) is 12.9. The van der Waals surface area contributed by atoms with Crippen LogP contribution in [0.1, 0.15) is 38.7 Å². The smallest absolute Gasteiger partial charge is 0.208 e. The van der Waals surface area contributed by atoms with Crippen molar-refractivity contribution in [2.45, 2.75) is 39.2 Å². The van der Waals surface area contributed by atoms with Gasteiger partial charge in [-0.05, 0) is 29.9 Å². The van der Waals surface area contributed by atoms with Crippen LogP contribution in [-0.2, 0) is 10.0 Å². The maximum atomic E-state index is 12.1. The van der Waals surface area contributed by atoms with Gasteiger partial charge in [-0.2, -0.15) is 0 Å². The van der Waals surface area contributed by atoms with Crippen LogP contribution in [-0.4, -0.2) is 14.5 Å². The van der Waals surface area contributed by atoms with Gasteiger partial charge in [0, 0.05) is 11.4 Å². The molecule has 0 aromatic heterocycles. The summed E-state index contributed by atoms with van der Waals surface area (Å²) in [5, 5.41) is 1.27. The van der Waals surface area contributed by atoms with Crippen LogP contribution in [0.5, 0.6) is 0 Å². The first-order valence-corrected chi connectivity index (χ1v) is 8.78. The molecule has 1 aliphatic carbocycles. The fourth-order valence-electron chi connectivity index (χ4n) is 2.73. The summed E-state index contributed by atoms with van der Waals surface area (Å²) in [5.74, 6) is 0.971. The minimum absolute atomic E-state index is 0.0594. The van der Waals surface area contributed by atoms with Crippen molar-refractivity contribution in [3.63, 3.8) is 0 Å². The minimum Gasteiger partial charge on any atom is -0.208 e. The molecule has 1 aromatic carbocycles. The number of rotatable bonds is 4. The highest BCUT2D eigenvalue weighted by molar-refractivity contribution is 7.92. The Bertz CT molecular complexity index is 551. The summed E-state index contributed by atoms with van der Waals surface area (Å²) in [4.78, 5) is 0. The Balaban J connectivity index is 2.02. The third-order valence-corrected chi connectivity index (χ3v) is 5.39. The molecule has 4 heteroatoms. The average Bonchev–Trinajstić information content (AvgIpc) is 2.43. The van der Waals surface area contributed by atoms with Crippen molar-refractivity contribution in [2.75, 3.05) is 0 Å². The van der Waals surface area contributed by atoms with Crippen LogP contribution in [0.2, 0.25) is 0 Å². The van der Waals surface area contributed by atoms with Gasteiger partial charge < -0.3 is 0 Å². The van der Waals surface area contributed by atoms with Crippen molar-refractivity contribution in [1.29, 1.82) is 0 Å². The van der Waals surface area contributed by atoms with Gasteiger partial charge in [0.25, 0.3) is 0 Å². The maximum absolute atomic E-state index is 12.1. The van der Waals surface area contributed by atoms with Gasteiger partial charge in [0.1, 0.15) is 0 Å². The Kier molecular flexibility index (Phi) is 5.00. The molecule has 1 fully saturated rings. The average molecular weight is 293 g/mol. The SMILES string of the molecule is C[C@@H]1[C@@H](C)CCC[C@H]1NS(=O)(=O)/C=C/c1ccccc1. The molecule has 0 radical (unpaired) electrons. The Morgan fingerprint density at radius 1 is 1.15 bits per heavy atom. The second-order valence-electron chi connectivity index (χ2n) is 5.75. The molecule has 0 bridgehead atoms. The normalized spacial score (nSPS) is 27.8. The molecule has 1 aliphatic rings. The number of nitrogens with one attached hydrogen (secondary N) is 1. The van der Waals surface area contributed by atoms with Gasteiger partial charge in [0.15, 0.2) is 0 Å². The van der Waals surface area contributed by atoms with Crippen molar-refractivity contribution in [2.24, 2.45) is 11.8 Å². The number of benzene rings is 1. The molecule has 2 rings (SSSR count). The third kappa shape index (κ3) is 4.18. The molecule has 0 spiro atoms. The molecule has 1 saturated carbocycles. The molecule has 0 unspecified atom stereocenters. The summed E-state index contributed by atoms with van der Waals surface area (Å²) >= 11 is 0. The first kappa shape index (κ1) is 15.3. The van der Waals surface area contributed by atoms with Gasteiger partial charge in [0.05, 0.1) is 0 Å². The quantitative estimate of drug-likeness (QED) is 0.924. The summed E-state index contributed by atoms with van der Waals surface area (Å²) < 4.78 is 27.1. The van der Waals surface area contributed by atoms with Gasteiger partial charge in [-0.1, -0.05) is 57.0 Å². The molecule has 0 amide bonds. The summed E-state index contributed by atoms with van der Waals surface area (Å²) in [5.41, 5.74) is 0.892. The van der Waals surface area contributed by atoms with Crippen LogP contribution in [0, 0.1) is 11.8 Å². The molecule has 3 nitrogen and oxygen atoms in total. The van der Waals surface area contributed by atoms with Crippen molar-refractivity contribution < 1.29 is 8.42 Å². The van der Waals surface area contributed by atoms with E-state index in [4.69, 9.17) is 0 Å². The molecule has 1 N–H and O–H groups in total. The van der Waals surface area contributed by atoms with E-state index in [0.717, 1.165) is 18.4 Å². The lowest BCUT2D eigenvalue weighted by Crippen LogP contribution is -2.42. The van der Waals surface area contributed by atoms with E-state index >= 15 is 0 Å². The van der Waals surface area contributed by atoms with Gasteiger partial charge in [0.2, 0.25) is 10.0 Å². The van der Waals surface area contributed by atoms with Crippen molar-refractivity contribution in [1.82, 2.24) is 4.72 Å². The molecule has 110 valence electrons. The molecule has 3 atom stereocenters. The van der Waals surface area contributed by atoms with Crippen LogP contribution in [0.4, 0.5) is 0 Å². The summed E-state index contributed by atoms with van der Waals surface area (Å²) in [6, 6.07) is 9.53. The fourth-order valence-corrected chi connectivity index (χ4v) is 3.90. The van der Waals surface area contributed by atoms with E-state index in [1.807, 2.05) is 30.3 Å². The van der Waals surface area contributed by atoms with Crippen LogP contribution in [0.15, 0.2) is 35.7 Å². The van der Waals surface area contributed by atoms with Crippen LogP contribution in [0.25, 0.3) is 6.08 Å². The van der Waals surface area contributed by atoms with Crippen molar-refractivity contribution in [3.05, 3.63) is 41.3 Å². The Hall–Kier alpha value is -1.13. The number of sulfonamides is 1. The standard InChI is InChI=1S/C16H23NO2S/c1-13-7-6-10-16(14(13)2)17-20(18,19)12-11-15-8-4-3-5-9-15/h3-5,8-9,11-14,16-17H,6-7,10H2,1-2H3/b12-11+/t13-,14+,16+/m0/s1. The Morgan fingerprint density at radius 2 is 1.85 bits per heavy atom. The summed E-state index contributed by atoms with van der Waals surface area (Å²) in [6.45, 7) is 4.34. The molecule has 20 heavy (non-hydrogen) atoms. The van der Waals surface area contributed by atoms with Crippen LogP contribution >= 0.6 is 0 Å². The van der Waals surface area contributed by atoms with Gasteiger partial charge >= 0.3 is 0 Å². The molecule has 0 heterocycles. The van der Waals surface area contributed by atoms with Crippen molar-refractivity contribution in [3.8, 4) is 0 Å². The largest absolute Gasteiger partial charge is 0.233 e. The highest BCUT2D eigenvalue weighted by Crippen LogP contribution is 2.29. The lowest BCUT2D eigenvalue weighted by molar-refractivity contribution is 0.227. The van der Waals surface area contributed by atoms with Crippen LogP contribution in [0.3, 0.4) is 0 Å².